The summed E-state index contributed by atoms with van der Waals surface area (Å²) in [5.41, 5.74) is -2.17. The maximum Gasteiger partial charge on any atom is 0.296 e. The number of benzene rings is 3. The first-order valence-electron chi connectivity index (χ1n) is 9.58. The zero-order valence-electron chi connectivity index (χ0n) is 18.1. The molecule has 0 saturated carbocycles. The summed E-state index contributed by atoms with van der Waals surface area (Å²) in [5.74, 6) is -1.43. The van der Waals surface area contributed by atoms with Gasteiger partial charge in [0.25, 0.3) is 25.9 Å². The van der Waals surface area contributed by atoms with Gasteiger partial charge in [-0.25, -0.2) is 0 Å². The van der Waals surface area contributed by atoms with Crippen molar-refractivity contribution in [2.75, 3.05) is 0 Å². The number of rotatable bonds is 8. The van der Waals surface area contributed by atoms with Crippen molar-refractivity contribution >= 4 is 48.7 Å². The lowest BCUT2D eigenvalue weighted by Crippen LogP contribution is -2.02. The molecule has 3 rings (SSSR count). The Bertz CT molecular complexity index is 1650. The Morgan fingerprint density at radius 1 is 0.784 bits per heavy atom. The summed E-state index contributed by atoms with van der Waals surface area (Å²) in [5, 5.41) is 55.7. The number of hydrogen-bond donors (Lipinski definition) is 5. The summed E-state index contributed by atoms with van der Waals surface area (Å²) in [7, 11) is -9.76. The zero-order chi connectivity index (χ0) is 27.5. The molecule has 16 nitrogen and oxygen atoms in total. The highest BCUT2D eigenvalue weighted by atomic mass is 32.2. The van der Waals surface area contributed by atoms with Gasteiger partial charge in [-0.15, -0.1) is 15.3 Å². The number of phenolic OH excluding ortho intramolecular Hbond substituents is 2. The number of nitrogens with zero attached hydrogens (tertiary/aromatic N) is 5. The molecule has 0 aliphatic carbocycles. The molecule has 0 fully saturated rings. The fourth-order valence-corrected chi connectivity index (χ4v) is 3.97. The lowest BCUT2D eigenvalue weighted by Gasteiger charge is -2.10. The molecule has 0 spiro atoms. The van der Waals surface area contributed by atoms with E-state index in [-0.39, 0.29) is 16.9 Å². The average Bonchev–Trinajstić information content (AvgIpc) is 2.81. The van der Waals surface area contributed by atoms with E-state index < -0.39 is 70.1 Å². The monoisotopic (exact) mass is 553 g/mol. The Morgan fingerprint density at radius 3 is 1.84 bits per heavy atom. The molecular weight excluding hydrogens is 538 g/mol. The van der Waals surface area contributed by atoms with E-state index in [2.05, 4.69) is 20.5 Å². The van der Waals surface area contributed by atoms with Crippen LogP contribution in [0.4, 0.5) is 28.4 Å². The van der Waals surface area contributed by atoms with Gasteiger partial charge in [0.2, 0.25) is 0 Å². The number of non-ortho nitro benzene ring substituents is 1. The topological polar surface area (TPSA) is 262 Å². The van der Waals surface area contributed by atoms with Crippen molar-refractivity contribution in [1.29, 1.82) is 0 Å². The van der Waals surface area contributed by atoms with E-state index in [1.165, 1.54) is 12.1 Å². The van der Waals surface area contributed by atoms with Gasteiger partial charge in [0, 0.05) is 23.8 Å². The number of hydrogen-bond acceptors (Lipinski definition) is 13. The summed E-state index contributed by atoms with van der Waals surface area (Å²) in [6.45, 7) is -0.916. The SMILES string of the molecule is O=[N+]([O-])c1ccc(N=Nc2c(O)cc(O)c(N=Nc3cc(S(=O)(=O)O)ccc3S(=O)(=O)O)c2CO)cc1. The van der Waals surface area contributed by atoms with Crippen molar-refractivity contribution in [1.82, 2.24) is 0 Å². The molecule has 5 N–H and O–H groups in total. The second kappa shape index (κ2) is 10.3. The van der Waals surface area contributed by atoms with Gasteiger partial charge in [-0.3, -0.25) is 19.2 Å². The highest BCUT2D eigenvalue weighted by Gasteiger charge is 2.21. The van der Waals surface area contributed by atoms with Crippen LogP contribution >= 0.6 is 0 Å². The van der Waals surface area contributed by atoms with Crippen molar-refractivity contribution in [3.05, 3.63) is 64.2 Å². The summed E-state index contributed by atoms with van der Waals surface area (Å²) in [6, 6.07) is 7.43. The van der Waals surface area contributed by atoms with Crippen LogP contribution in [0.1, 0.15) is 5.56 Å². The molecule has 0 aliphatic rings. The van der Waals surface area contributed by atoms with Crippen LogP contribution in [-0.4, -0.2) is 46.2 Å². The van der Waals surface area contributed by atoms with Gasteiger partial charge in [0.1, 0.15) is 33.5 Å². The molecule has 0 aliphatic heterocycles. The molecule has 0 atom stereocenters. The van der Waals surface area contributed by atoms with Gasteiger partial charge in [0.15, 0.2) is 0 Å². The molecule has 37 heavy (non-hydrogen) atoms. The fourth-order valence-electron chi connectivity index (χ4n) is 2.87. The maximum atomic E-state index is 11.6. The van der Waals surface area contributed by atoms with Gasteiger partial charge in [-0.1, -0.05) is 0 Å². The predicted molar refractivity (Wildman–Crippen MR) is 123 cm³/mol. The Hall–Kier alpha value is -4.36. The number of phenols is 2. The van der Waals surface area contributed by atoms with Crippen LogP contribution in [0.3, 0.4) is 0 Å². The molecular formula is C19H15N5O11S2. The highest BCUT2D eigenvalue weighted by molar-refractivity contribution is 7.86. The lowest BCUT2D eigenvalue weighted by atomic mass is 10.1. The van der Waals surface area contributed by atoms with Gasteiger partial charge >= 0.3 is 0 Å². The first kappa shape index (κ1) is 27.2. The Labute approximate surface area is 207 Å². The predicted octanol–water partition coefficient (Wildman–Crippen LogP) is 3.82. The minimum atomic E-state index is -4.95. The number of azo groups is 2. The third-order valence-corrected chi connectivity index (χ3v) is 6.33. The minimum absolute atomic E-state index is 0.116. The third kappa shape index (κ3) is 6.26. The molecule has 0 unspecified atom stereocenters. The smallest absolute Gasteiger partial charge is 0.296 e. The second-order valence-corrected chi connectivity index (χ2v) is 9.81. The standard InChI is InChI=1S/C19H15N5O11S2/c25-9-13-18(22-20-10-1-3-11(4-2-10)24(28)29)15(26)8-16(27)19(13)23-21-14-7-12(36(30,31)32)5-6-17(14)37(33,34)35/h1-8,25-27H,9H2,(H,30,31,32)(H,33,34,35). The van der Waals surface area contributed by atoms with Crippen molar-refractivity contribution in [2.24, 2.45) is 20.5 Å². The average molecular weight is 553 g/mol. The maximum absolute atomic E-state index is 11.6. The molecule has 0 saturated heterocycles. The number of aromatic hydroxyl groups is 2. The molecule has 0 amide bonds. The number of aliphatic hydroxyl groups is 1. The largest absolute Gasteiger partial charge is 0.505 e. The van der Waals surface area contributed by atoms with Crippen molar-refractivity contribution in [2.45, 2.75) is 16.4 Å². The summed E-state index contributed by atoms with van der Waals surface area (Å²) in [4.78, 5) is 8.44. The van der Waals surface area contributed by atoms with Crippen LogP contribution in [0.25, 0.3) is 0 Å². The minimum Gasteiger partial charge on any atom is -0.505 e. The van der Waals surface area contributed by atoms with E-state index in [4.69, 9.17) is 0 Å². The van der Waals surface area contributed by atoms with Crippen LogP contribution in [0.5, 0.6) is 11.5 Å². The zero-order valence-corrected chi connectivity index (χ0v) is 19.7. The fraction of sp³-hybridized carbons (Fsp3) is 0.0526. The van der Waals surface area contributed by atoms with Crippen LogP contribution in [0.15, 0.2) is 78.8 Å². The van der Waals surface area contributed by atoms with Gasteiger partial charge < -0.3 is 15.3 Å². The first-order valence-corrected chi connectivity index (χ1v) is 12.5. The van der Waals surface area contributed by atoms with Crippen molar-refractivity contribution < 1.29 is 46.2 Å². The van der Waals surface area contributed by atoms with E-state index in [9.17, 15) is 51.4 Å². The van der Waals surface area contributed by atoms with Crippen molar-refractivity contribution in [3.63, 3.8) is 0 Å². The van der Waals surface area contributed by atoms with Crippen LogP contribution in [0.2, 0.25) is 0 Å². The Balaban J connectivity index is 2.12. The number of aliphatic hydroxyl groups excluding tert-OH is 1. The quantitative estimate of drug-likeness (QED) is 0.116. The Kier molecular flexibility index (Phi) is 7.60. The van der Waals surface area contributed by atoms with Gasteiger partial charge in [-0.05, 0) is 30.3 Å². The molecule has 194 valence electrons. The number of nitro benzene ring substituents is 1. The van der Waals surface area contributed by atoms with Gasteiger partial charge in [0.05, 0.1) is 22.1 Å². The highest BCUT2D eigenvalue weighted by Crippen LogP contribution is 2.45. The van der Waals surface area contributed by atoms with Crippen LogP contribution in [0, 0.1) is 10.1 Å². The van der Waals surface area contributed by atoms with E-state index >= 15 is 0 Å². The van der Waals surface area contributed by atoms with Gasteiger partial charge in [-0.2, -0.15) is 21.9 Å². The molecule has 3 aromatic rings. The Morgan fingerprint density at radius 2 is 1.35 bits per heavy atom. The summed E-state index contributed by atoms with van der Waals surface area (Å²) >= 11 is 0. The molecule has 18 heteroatoms. The van der Waals surface area contributed by atoms with E-state index in [1.807, 2.05) is 0 Å². The van der Waals surface area contributed by atoms with E-state index in [0.29, 0.717) is 18.2 Å². The molecule has 0 radical (unpaired) electrons. The lowest BCUT2D eigenvalue weighted by molar-refractivity contribution is -0.384. The van der Waals surface area contributed by atoms with Crippen LogP contribution in [-0.2, 0) is 26.8 Å². The van der Waals surface area contributed by atoms with Crippen LogP contribution < -0.4 is 0 Å². The summed E-state index contributed by atoms with van der Waals surface area (Å²) in [6.07, 6.45) is 0. The summed E-state index contributed by atoms with van der Waals surface area (Å²) < 4.78 is 64.7. The molecule has 3 aromatic carbocycles. The molecule has 0 bridgehead atoms. The molecule has 0 heterocycles. The number of nitro groups is 1. The normalized spacial score (nSPS) is 12.4. The van der Waals surface area contributed by atoms with E-state index in [1.54, 1.807) is 0 Å². The van der Waals surface area contributed by atoms with Crippen molar-refractivity contribution in [3.8, 4) is 11.5 Å². The van der Waals surface area contributed by atoms with E-state index in [0.717, 1.165) is 18.2 Å². The second-order valence-electron chi connectivity index (χ2n) is 7.00. The first-order chi connectivity index (χ1) is 17.2. The molecule has 0 aromatic heterocycles. The third-order valence-electron chi connectivity index (χ3n) is 4.58.